The molecule has 0 aliphatic carbocycles. The summed E-state index contributed by atoms with van der Waals surface area (Å²) in [5.41, 5.74) is 1.99. The van der Waals surface area contributed by atoms with E-state index in [0.29, 0.717) is 17.1 Å². The molecule has 28 heavy (non-hydrogen) atoms. The van der Waals surface area contributed by atoms with Gasteiger partial charge in [-0.1, -0.05) is 25.1 Å². The van der Waals surface area contributed by atoms with Gasteiger partial charge in [-0.15, -0.1) is 0 Å². The van der Waals surface area contributed by atoms with Gasteiger partial charge < -0.3 is 19.9 Å². The highest BCUT2D eigenvalue weighted by atomic mass is 16.6. The number of hydrogen-bond acceptors (Lipinski definition) is 6. The van der Waals surface area contributed by atoms with Gasteiger partial charge in [0.15, 0.2) is 0 Å². The Morgan fingerprint density at radius 3 is 2.29 bits per heavy atom. The molecule has 4 N–H and O–H groups in total. The van der Waals surface area contributed by atoms with Gasteiger partial charge in [0, 0.05) is 11.5 Å². The van der Waals surface area contributed by atoms with Gasteiger partial charge in [0.25, 0.3) is 5.91 Å². The van der Waals surface area contributed by atoms with Gasteiger partial charge in [0.05, 0.1) is 12.6 Å². The maximum absolute atomic E-state index is 12.5. The summed E-state index contributed by atoms with van der Waals surface area (Å²) in [7, 11) is 0. The van der Waals surface area contributed by atoms with Crippen molar-refractivity contribution in [2.24, 2.45) is 5.92 Å². The summed E-state index contributed by atoms with van der Waals surface area (Å²) in [4.78, 5) is 24.0. The number of carbonyl (C=O) groups is 2. The van der Waals surface area contributed by atoms with Crippen LogP contribution in [0.15, 0.2) is 54.6 Å². The Hall–Kier alpha value is -2.94. The lowest BCUT2D eigenvalue weighted by Gasteiger charge is -2.21. The molecule has 0 aromatic heterocycles. The quantitative estimate of drug-likeness (QED) is 0.281. The number of aliphatic hydroxyl groups excluding tert-OH is 1. The second-order valence-corrected chi connectivity index (χ2v) is 6.22. The Morgan fingerprint density at radius 1 is 1.04 bits per heavy atom. The van der Waals surface area contributed by atoms with Gasteiger partial charge in [-0.3, -0.25) is 14.8 Å². The molecular weight excluding hydrogens is 364 g/mol. The standard InChI is InChI=1S/C20H24N2O6/c1-14(19(24)22-26)11-16(12-27-13-23)21-20(25)15-7-9-18(10-8-15)28-17-5-3-2-4-6-17/h2-10,14,16,23,26H,11-13H2,1H3,(H,21,25)(H,22,24)/t14-,16-/m0/s1. The van der Waals surface area contributed by atoms with Gasteiger partial charge in [-0.25, -0.2) is 5.48 Å². The number of amides is 2. The normalized spacial score (nSPS) is 12.7. The predicted octanol–water partition coefficient (Wildman–Crippen LogP) is 2.08. The van der Waals surface area contributed by atoms with E-state index in [2.05, 4.69) is 5.32 Å². The molecule has 2 atom stereocenters. The first kappa shape index (κ1) is 21.4. The van der Waals surface area contributed by atoms with Crippen molar-refractivity contribution in [1.29, 1.82) is 0 Å². The minimum absolute atomic E-state index is 0.0283. The average Bonchev–Trinajstić information content (AvgIpc) is 2.72. The van der Waals surface area contributed by atoms with Crippen molar-refractivity contribution in [1.82, 2.24) is 10.8 Å². The molecule has 0 spiro atoms. The minimum atomic E-state index is -0.564. The number of carbonyl (C=O) groups excluding carboxylic acids is 2. The fraction of sp³-hybridized carbons (Fsp3) is 0.300. The first-order valence-electron chi connectivity index (χ1n) is 8.80. The van der Waals surface area contributed by atoms with Crippen molar-refractivity contribution >= 4 is 11.8 Å². The molecular formula is C20H24N2O6. The number of rotatable bonds is 10. The van der Waals surface area contributed by atoms with Crippen LogP contribution in [-0.4, -0.2) is 41.6 Å². The van der Waals surface area contributed by atoms with Gasteiger partial charge >= 0.3 is 0 Å². The fourth-order valence-corrected chi connectivity index (χ4v) is 2.58. The third-order valence-electron chi connectivity index (χ3n) is 4.04. The average molecular weight is 388 g/mol. The lowest BCUT2D eigenvalue weighted by Crippen LogP contribution is -2.41. The van der Waals surface area contributed by atoms with Crippen LogP contribution < -0.4 is 15.5 Å². The summed E-state index contributed by atoms with van der Waals surface area (Å²) in [5.74, 6) is -0.187. The smallest absolute Gasteiger partial charge is 0.251 e. The van der Waals surface area contributed by atoms with Crippen LogP contribution in [-0.2, 0) is 9.53 Å². The molecule has 8 nitrogen and oxygen atoms in total. The van der Waals surface area contributed by atoms with Crippen molar-refractivity contribution < 1.29 is 29.4 Å². The topological polar surface area (TPSA) is 117 Å². The van der Waals surface area contributed by atoms with Gasteiger partial charge in [-0.2, -0.15) is 0 Å². The molecule has 2 rings (SSSR count). The van der Waals surface area contributed by atoms with Gasteiger partial charge in [0.2, 0.25) is 5.91 Å². The van der Waals surface area contributed by atoms with Crippen molar-refractivity contribution in [2.75, 3.05) is 13.4 Å². The molecule has 0 radical (unpaired) electrons. The molecule has 0 heterocycles. The lowest BCUT2D eigenvalue weighted by atomic mass is 10.0. The molecule has 8 heteroatoms. The molecule has 0 fully saturated rings. The van der Waals surface area contributed by atoms with E-state index >= 15 is 0 Å². The largest absolute Gasteiger partial charge is 0.457 e. The maximum Gasteiger partial charge on any atom is 0.251 e. The van der Waals surface area contributed by atoms with E-state index in [1.807, 2.05) is 30.3 Å². The molecule has 0 saturated carbocycles. The van der Waals surface area contributed by atoms with E-state index in [-0.39, 0.29) is 18.9 Å². The molecule has 150 valence electrons. The summed E-state index contributed by atoms with van der Waals surface area (Å²) in [6.45, 7) is 1.14. The van der Waals surface area contributed by atoms with E-state index in [9.17, 15) is 9.59 Å². The maximum atomic E-state index is 12.5. The lowest BCUT2D eigenvalue weighted by molar-refractivity contribution is -0.133. The van der Waals surface area contributed by atoms with E-state index < -0.39 is 24.7 Å². The highest BCUT2D eigenvalue weighted by molar-refractivity contribution is 5.94. The van der Waals surface area contributed by atoms with Crippen LogP contribution >= 0.6 is 0 Å². The number of nitrogens with one attached hydrogen (secondary N) is 2. The first-order chi connectivity index (χ1) is 13.5. The van der Waals surface area contributed by atoms with Crippen LogP contribution in [0.25, 0.3) is 0 Å². The van der Waals surface area contributed by atoms with Crippen LogP contribution in [0.3, 0.4) is 0 Å². The molecule has 2 amide bonds. The van der Waals surface area contributed by atoms with E-state index in [1.165, 1.54) is 0 Å². The number of ether oxygens (including phenoxy) is 2. The zero-order valence-electron chi connectivity index (χ0n) is 15.5. The Bertz CT molecular complexity index is 751. The summed E-state index contributed by atoms with van der Waals surface area (Å²) in [6.07, 6.45) is 0.229. The summed E-state index contributed by atoms with van der Waals surface area (Å²) >= 11 is 0. The fourth-order valence-electron chi connectivity index (χ4n) is 2.58. The van der Waals surface area contributed by atoms with Gasteiger partial charge in [0.1, 0.15) is 18.3 Å². The first-order valence-corrected chi connectivity index (χ1v) is 8.80. The SMILES string of the molecule is C[C@@H](C[C@@H](COCO)NC(=O)c1ccc(Oc2ccccc2)cc1)C(=O)NO. The monoisotopic (exact) mass is 388 g/mol. The molecule has 0 unspecified atom stereocenters. The second-order valence-electron chi connectivity index (χ2n) is 6.22. The highest BCUT2D eigenvalue weighted by Crippen LogP contribution is 2.21. The summed E-state index contributed by atoms with van der Waals surface area (Å²) in [5, 5.41) is 20.3. The van der Waals surface area contributed by atoms with Crippen molar-refractivity contribution in [3.63, 3.8) is 0 Å². The third kappa shape index (κ3) is 6.66. The Kier molecular flexibility index (Phi) is 8.41. The number of aliphatic hydroxyl groups is 1. The number of para-hydroxylation sites is 1. The van der Waals surface area contributed by atoms with Crippen LogP contribution in [0.2, 0.25) is 0 Å². The molecule has 0 bridgehead atoms. The predicted molar refractivity (Wildman–Crippen MR) is 101 cm³/mol. The van der Waals surface area contributed by atoms with E-state index in [0.717, 1.165) is 0 Å². The molecule has 0 saturated heterocycles. The number of hydroxylamine groups is 1. The Labute approximate surface area is 163 Å². The Morgan fingerprint density at radius 2 is 1.68 bits per heavy atom. The summed E-state index contributed by atoms with van der Waals surface area (Å²) in [6, 6.07) is 15.4. The zero-order valence-corrected chi connectivity index (χ0v) is 15.5. The zero-order chi connectivity index (χ0) is 20.4. The van der Waals surface area contributed by atoms with Crippen molar-refractivity contribution in [3.8, 4) is 11.5 Å². The third-order valence-corrected chi connectivity index (χ3v) is 4.04. The van der Waals surface area contributed by atoms with Crippen molar-refractivity contribution in [3.05, 3.63) is 60.2 Å². The molecule has 0 aliphatic heterocycles. The molecule has 2 aromatic carbocycles. The van der Waals surface area contributed by atoms with E-state index in [1.54, 1.807) is 36.7 Å². The van der Waals surface area contributed by atoms with Crippen molar-refractivity contribution in [2.45, 2.75) is 19.4 Å². The van der Waals surface area contributed by atoms with Crippen LogP contribution in [0.5, 0.6) is 11.5 Å². The molecule has 0 aliphatic rings. The van der Waals surface area contributed by atoms with E-state index in [4.69, 9.17) is 19.8 Å². The number of hydrogen-bond donors (Lipinski definition) is 4. The number of benzene rings is 2. The van der Waals surface area contributed by atoms with Crippen LogP contribution in [0.1, 0.15) is 23.7 Å². The Balaban J connectivity index is 1.98. The summed E-state index contributed by atoms with van der Waals surface area (Å²) < 4.78 is 10.6. The highest BCUT2D eigenvalue weighted by Gasteiger charge is 2.21. The second kappa shape index (κ2) is 11.0. The van der Waals surface area contributed by atoms with Gasteiger partial charge in [-0.05, 0) is 42.8 Å². The van der Waals surface area contributed by atoms with Crippen LogP contribution in [0, 0.1) is 5.92 Å². The molecule has 2 aromatic rings. The van der Waals surface area contributed by atoms with Crippen LogP contribution in [0.4, 0.5) is 0 Å². The minimum Gasteiger partial charge on any atom is -0.457 e.